The number of hydrogen-bond acceptors (Lipinski definition) is 2. The van der Waals surface area contributed by atoms with Crippen molar-refractivity contribution in [2.24, 2.45) is 4.99 Å². The Bertz CT molecular complexity index is 719. The van der Waals surface area contributed by atoms with Crippen molar-refractivity contribution >= 4 is 44.9 Å². The minimum atomic E-state index is -0.788. The normalized spacial score (nSPS) is 10.7. The van der Waals surface area contributed by atoms with Crippen molar-refractivity contribution in [2.75, 3.05) is 12.7 Å². The predicted molar refractivity (Wildman–Crippen MR) is 114 cm³/mol. The van der Waals surface area contributed by atoms with Crippen LogP contribution in [0.15, 0.2) is 90.1 Å². The number of benzene rings is 2. The molecule has 26 heavy (non-hydrogen) atoms. The quantitative estimate of drug-likeness (QED) is 0.305. The van der Waals surface area contributed by atoms with Crippen LogP contribution >= 0.6 is 28.1 Å². The van der Waals surface area contributed by atoms with Crippen molar-refractivity contribution in [1.82, 2.24) is 4.98 Å². The molecule has 0 unspecified atom stereocenters. The monoisotopic (exact) mass is 445 g/mol. The first-order valence-electron chi connectivity index (χ1n) is 8.08. The molecule has 0 aliphatic heterocycles. The Labute approximate surface area is 171 Å². The van der Waals surface area contributed by atoms with Crippen molar-refractivity contribution in [3.8, 4) is 0 Å². The Morgan fingerprint density at radius 2 is 1.38 bits per heavy atom. The molecule has 0 saturated carbocycles. The third kappa shape index (κ3) is 7.58. The summed E-state index contributed by atoms with van der Waals surface area (Å²) in [4.78, 5) is 8.84. The summed E-state index contributed by atoms with van der Waals surface area (Å²) in [5.41, 5.74) is 0.917. The first-order valence-corrected chi connectivity index (χ1v) is 12.8. The standard InChI is InChI=1S/C20H19N2P.2ClH.Fe/c1-3-10-19(11-4-1)23(20-12-5-2-6-13-20)16-15-21-17-18-9-7-8-14-22-18;;;/h1-14,17H,15-16H2;2*1H;/q;;;+2/p-1. The van der Waals surface area contributed by atoms with Crippen LogP contribution in [0.1, 0.15) is 5.69 Å². The van der Waals surface area contributed by atoms with Crippen LogP contribution in [0.4, 0.5) is 0 Å². The number of nitrogens with zero attached hydrogens (tertiary/aromatic N) is 2. The number of hydrogen-bond donors (Lipinski definition) is 0. The van der Waals surface area contributed by atoms with Gasteiger partial charge in [0.15, 0.2) is 0 Å². The molecule has 3 rings (SSSR count). The molecular weight excluding hydrogens is 426 g/mol. The van der Waals surface area contributed by atoms with Crippen molar-refractivity contribution in [1.29, 1.82) is 0 Å². The van der Waals surface area contributed by atoms with Gasteiger partial charge in [-0.2, -0.15) is 0 Å². The summed E-state index contributed by atoms with van der Waals surface area (Å²) in [6, 6.07) is 27.5. The van der Waals surface area contributed by atoms with Gasteiger partial charge in [0.05, 0.1) is 36.9 Å². The zero-order chi connectivity index (χ0) is 18.5. The topological polar surface area (TPSA) is 25.2 Å². The molecular formula is C20H20Cl2FeN2P+. The minimum absolute atomic E-state index is 0.194. The Balaban J connectivity index is 0.000000758. The second-order valence-electron chi connectivity index (χ2n) is 5.30. The van der Waals surface area contributed by atoms with Crippen LogP contribution < -0.4 is 10.6 Å². The van der Waals surface area contributed by atoms with Crippen LogP contribution in [0.3, 0.4) is 0 Å². The van der Waals surface area contributed by atoms with Gasteiger partial charge in [0, 0.05) is 12.4 Å². The fourth-order valence-electron chi connectivity index (χ4n) is 2.52. The molecule has 0 saturated heterocycles. The summed E-state index contributed by atoms with van der Waals surface area (Å²) in [7, 11) is 8.74. The SMILES string of the molecule is C(=NCC[PH+](c1ccccc1)c1ccccc1)c1ccccn1.[Cl][Fe][Cl]. The third-order valence-corrected chi connectivity index (χ3v) is 6.43. The van der Waals surface area contributed by atoms with E-state index in [0.717, 1.165) is 18.4 Å². The van der Waals surface area contributed by atoms with Crippen molar-refractivity contribution in [3.63, 3.8) is 0 Å². The van der Waals surface area contributed by atoms with Crippen LogP contribution in [0.5, 0.6) is 0 Å². The second kappa shape index (κ2) is 13.0. The summed E-state index contributed by atoms with van der Waals surface area (Å²) < 4.78 is 0. The second-order valence-corrected chi connectivity index (χ2v) is 9.74. The molecule has 0 fully saturated rings. The molecule has 3 aromatic rings. The average Bonchev–Trinajstić information content (AvgIpc) is 2.71. The van der Waals surface area contributed by atoms with Gasteiger partial charge in [0.2, 0.25) is 0 Å². The van der Waals surface area contributed by atoms with Gasteiger partial charge in [-0.3, -0.25) is 9.98 Å². The molecule has 0 amide bonds. The van der Waals surface area contributed by atoms with Crippen LogP contribution in [0, 0.1) is 0 Å². The maximum absolute atomic E-state index is 4.76. The molecule has 1 heterocycles. The molecule has 1 aromatic heterocycles. The first-order chi connectivity index (χ1) is 12.8. The molecule has 0 N–H and O–H groups in total. The molecule has 0 atom stereocenters. The summed E-state index contributed by atoms with van der Waals surface area (Å²) >= 11 is 0.194. The van der Waals surface area contributed by atoms with Gasteiger partial charge in [0.25, 0.3) is 0 Å². The Hall–Kier alpha value is -1.21. The molecule has 2 nitrogen and oxygen atoms in total. The zero-order valence-corrected chi connectivity index (χ0v) is 17.7. The van der Waals surface area contributed by atoms with Gasteiger partial charge >= 0.3 is 33.3 Å². The summed E-state index contributed by atoms with van der Waals surface area (Å²) in [6.07, 6.45) is 4.75. The van der Waals surface area contributed by atoms with Crippen molar-refractivity contribution < 1.29 is 13.1 Å². The molecule has 6 heteroatoms. The van der Waals surface area contributed by atoms with E-state index >= 15 is 0 Å². The molecule has 0 spiro atoms. The third-order valence-electron chi connectivity index (χ3n) is 3.65. The maximum atomic E-state index is 4.76. The van der Waals surface area contributed by atoms with Gasteiger partial charge in [-0.05, 0) is 36.4 Å². The van der Waals surface area contributed by atoms with Crippen molar-refractivity contribution in [2.45, 2.75) is 0 Å². The van der Waals surface area contributed by atoms with Gasteiger partial charge < -0.3 is 0 Å². The molecule has 0 bridgehead atoms. The van der Waals surface area contributed by atoms with E-state index in [1.165, 1.54) is 10.6 Å². The van der Waals surface area contributed by atoms with Gasteiger partial charge in [0.1, 0.15) is 0 Å². The molecule has 0 aliphatic rings. The van der Waals surface area contributed by atoms with E-state index in [2.05, 4.69) is 70.6 Å². The fourth-order valence-corrected chi connectivity index (χ4v) is 4.97. The van der Waals surface area contributed by atoms with E-state index in [1.807, 2.05) is 24.4 Å². The van der Waals surface area contributed by atoms with E-state index in [9.17, 15) is 0 Å². The fraction of sp³-hybridized carbons (Fsp3) is 0.100. The number of aliphatic imine (C=N–C) groups is 1. The molecule has 2 aromatic carbocycles. The number of pyridine rings is 1. The van der Waals surface area contributed by atoms with Crippen LogP contribution in [-0.2, 0) is 13.1 Å². The van der Waals surface area contributed by atoms with Crippen LogP contribution in [-0.4, -0.2) is 23.9 Å². The Morgan fingerprint density at radius 3 is 1.88 bits per heavy atom. The van der Waals surface area contributed by atoms with E-state index in [4.69, 9.17) is 20.2 Å². The molecule has 136 valence electrons. The average molecular weight is 446 g/mol. The molecule has 0 aliphatic carbocycles. The van der Waals surface area contributed by atoms with E-state index < -0.39 is 7.92 Å². The summed E-state index contributed by atoms with van der Waals surface area (Å²) in [5.74, 6) is 0. The van der Waals surface area contributed by atoms with Gasteiger partial charge in [-0.15, -0.1) is 0 Å². The number of rotatable bonds is 6. The van der Waals surface area contributed by atoms with E-state index in [1.54, 1.807) is 6.20 Å². The van der Waals surface area contributed by atoms with Crippen LogP contribution in [0.2, 0.25) is 0 Å². The Morgan fingerprint density at radius 1 is 0.846 bits per heavy atom. The number of halogens is 2. The summed E-state index contributed by atoms with van der Waals surface area (Å²) in [6.45, 7) is 0.828. The first kappa shape index (κ1) is 21.1. The predicted octanol–water partition coefficient (Wildman–Crippen LogP) is 4.74. The van der Waals surface area contributed by atoms with Crippen molar-refractivity contribution in [3.05, 3.63) is 90.8 Å². The molecule has 0 radical (unpaired) electrons. The zero-order valence-electron chi connectivity index (χ0n) is 14.1. The Kier molecular flexibility index (Phi) is 10.6. The van der Waals surface area contributed by atoms with Crippen LogP contribution in [0.25, 0.3) is 0 Å². The summed E-state index contributed by atoms with van der Waals surface area (Å²) in [5, 5.41) is 2.88. The number of aromatic nitrogens is 1. The van der Waals surface area contributed by atoms with E-state index in [0.29, 0.717) is 0 Å². The van der Waals surface area contributed by atoms with E-state index in [-0.39, 0.29) is 13.1 Å². The van der Waals surface area contributed by atoms with Gasteiger partial charge in [-0.25, -0.2) is 0 Å². The van der Waals surface area contributed by atoms with Gasteiger partial charge in [-0.1, -0.05) is 42.5 Å².